The maximum Gasteiger partial charge on any atom is 0.225 e. The number of benzene rings is 2. The SMILES string of the molecule is COc1ccc(CN2CC(C(=O)NCc3ccc4c(c3)CNC4)CC2=O)cc1. The Labute approximate surface area is 164 Å². The van der Waals surface area contributed by atoms with Gasteiger partial charge in [-0.1, -0.05) is 30.3 Å². The van der Waals surface area contributed by atoms with Gasteiger partial charge in [0.05, 0.1) is 13.0 Å². The van der Waals surface area contributed by atoms with Crippen LogP contribution >= 0.6 is 0 Å². The van der Waals surface area contributed by atoms with Crippen LogP contribution in [0.1, 0.15) is 28.7 Å². The van der Waals surface area contributed by atoms with Gasteiger partial charge in [-0.25, -0.2) is 0 Å². The number of nitrogens with zero attached hydrogens (tertiary/aromatic N) is 1. The first-order valence-electron chi connectivity index (χ1n) is 9.62. The average molecular weight is 379 g/mol. The van der Waals surface area contributed by atoms with Crippen molar-refractivity contribution in [2.24, 2.45) is 5.92 Å². The Kier molecular flexibility index (Phi) is 5.30. The largest absolute Gasteiger partial charge is 0.497 e. The van der Waals surface area contributed by atoms with Gasteiger partial charge in [0.2, 0.25) is 11.8 Å². The number of ether oxygens (including phenoxy) is 1. The fraction of sp³-hybridized carbons (Fsp3) is 0.364. The van der Waals surface area contributed by atoms with Crippen LogP contribution in [-0.2, 0) is 35.8 Å². The second kappa shape index (κ2) is 8.02. The van der Waals surface area contributed by atoms with Crippen LogP contribution in [0.4, 0.5) is 0 Å². The molecular formula is C22H25N3O3. The van der Waals surface area contributed by atoms with E-state index >= 15 is 0 Å². The summed E-state index contributed by atoms with van der Waals surface area (Å²) in [6, 6.07) is 14.0. The number of hydrogen-bond acceptors (Lipinski definition) is 4. The Morgan fingerprint density at radius 3 is 2.68 bits per heavy atom. The van der Waals surface area contributed by atoms with E-state index in [-0.39, 0.29) is 24.2 Å². The molecule has 1 fully saturated rings. The molecule has 2 amide bonds. The van der Waals surface area contributed by atoms with Crippen LogP contribution in [0.25, 0.3) is 0 Å². The highest BCUT2D eigenvalue weighted by atomic mass is 16.5. The number of carbonyl (C=O) groups excluding carboxylic acids is 2. The summed E-state index contributed by atoms with van der Waals surface area (Å²) < 4.78 is 5.16. The van der Waals surface area contributed by atoms with Crippen molar-refractivity contribution < 1.29 is 14.3 Å². The van der Waals surface area contributed by atoms with Gasteiger partial charge in [0.1, 0.15) is 5.75 Å². The van der Waals surface area contributed by atoms with Crippen molar-refractivity contribution in [2.75, 3.05) is 13.7 Å². The van der Waals surface area contributed by atoms with E-state index in [0.29, 0.717) is 19.6 Å². The highest BCUT2D eigenvalue weighted by Gasteiger charge is 2.34. The minimum absolute atomic E-state index is 0.0274. The van der Waals surface area contributed by atoms with Crippen molar-refractivity contribution >= 4 is 11.8 Å². The predicted molar refractivity (Wildman–Crippen MR) is 105 cm³/mol. The third-order valence-corrected chi connectivity index (χ3v) is 5.49. The molecule has 28 heavy (non-hydrogen) atoms. The smallest absolute Gasteiger partial charge is 0.225 e. The lowest BCUT2D eigenvalue weighted by Gasteiger charge is -2.17. The first-order valence-corrected chi connectivity index (χ1v) is 9.62. The second-order valence-corrected chi connectivity index (χ2v) is 7.45. The van der Waals surface area contributed by atoms with Gasteiger partial charge in [0, 0.05) is 39.1 Å². The fourth-order valence-corrected chi connectivity index (χ4v) is 3.84. The normalized spacial score (nSPS) is 18.2. The van der Waals surface area contributed by atoms with Gasteiger partial charge in [-0.2, -0.15) is 0 Å². The van der Waals surface area contributed by atoms with Gasteiger partial charge in [-0.15, -0.1) is 0 Å². The van der Waals surface area contributed by atoms with Gasteiger partial charge in [-0.05, 0) is 34.4 Å². The van der Waals surface area contributed by atoms with E-state index in [1.54, 1.807) is 12.0 Å². The molecule has 2 aromatic carbocycles. The maximum atomic E-state index is 12.6. The van der Waals surface area contributed by atoms with Crippen molar-refractivity contribution in [1.82, 2.24) is 15.5 Å². The van der Waals surface area contributed by atoms with Crippen LogP contribution in [0, 0.1) is 5.92 Å². The van der Waals surface area contributed by atoms with Gasteiger partial charge in [-0.3, -0.25) is 9.59 Å². The Hall–Kier alpha value is -2.86. The maximum absolute atomic E-state index is 12.6. The van der Waals surface area contributed by atoms with E-state index in [1.165, 1.54) is 11.1 Å². The third kappa shape index (κ3) is 4.02. The monoisotopic (exact) mass is 379 g/mol. The molecule has 1 saturated heterocycles. The first kappa shape index (κ1) is 18.5. The second-order valence-electron chi connectivity index (χ2n) is 7.45. The fourth-order valence-electron chi connectivity index (χ4n) is 3.84. The molecule has 1 atom stereocenters. The molecule has 2 heterocycles. The molecule has 6 heteroatoms. The van der Waals surface area contributed by atoms with Crippen LogP contribution in [0.15, 0.2) is 42.5 Å². The lowest BCUT2D eigenvalue weighted by atomic mass is 10.1. The zero-order chi connectivity index (χ0) is 19.5. The predicted octanol–water partition coefficient (Wildman–Crippen LogP) is 1.96. The number of carbonyl (C=O) groups is 2. The Balaban J connectivity index is 1.30. The number of nitrogens with one attached hydrogen (secondary N) is 2. The zero-order valence-corrected chi connectivity index (χ0v) is 16.0. The standard InChI is InChI=1S/C22H25N3O3/c1-28-20-6-3-15(4-7-20)13-25-14-19(9-21(25)26)22(27)24-10-16-2-5-17-11-23-12-18(17)8-16/h2-8,19,23H,9-14H2,1H3,(H,24,27). The van der Waals surface area contributed by atoms with E-state index in [4.69, 9.17) is 4.74 Å². The number of hydrogen-bond donors (Lipinski definition) is 2. The average Bonchev–Trinajstić information content (AvgIpc) is 3.33. The summed E-state index contributed by atoms with van der Waals surface area (Å²) in [5, 5.41) is 6.32. The van der Waals surface area contributed by atoms with E-state index in [1.807, 2.05) is 24.3 Å². The molecule has 1 unspecified atom stereocenters. The van der Waals surface area contributed by atoms with Gasteiger partial charge in [0.25, 0.3) is 0 Å². The summed E-state index contributed by atoms with van der Waals surface area (Å²) in [5.41, 5.74) is 4.75. The molecule has 0 spiro atoms. The summed E-state index contributed by atoms with van der Waals surface area (Å²) >= 11 is 0. The van der Waals surface area contributed by atoms with Crippen LogP contribution in [0.3, 0.4) is 0 Å². The molecule has 0 saturated carbocycles. The van der Waals surface area contributed by atoms with E-state index in [0.717, 1.165) is 30.0 Å². The first-order chi connectivity index (χ1) is 13.6. The quantitative estimate of drug-likeness (QED) is 0.805. The molecule has 146 valence electrons. The number of likely N-dealkylation sites (tertiary alicyclic amines) is 1. The number of rotatable bonds is 6. The molecule has 6 nitrogen and oxygen atoms in total. The van der Waals surface area contributed by atoms with Crippen LogP contribution < -0.4 is 15.4 Å². The molecule has 0 bridgehead atoms. The minimum atomic E-state index is -0.290. The number of fused-ring (bicyclic) bond motifs is 1. The van der Waals surface area contributed by atoms with Crippen molar-refractivity contribution in [3.05, 3.63) is 64.7 Å². The zero-order valence-electron chi connectivity index (χ0n) is 16.0. The van der Waals surface area contributed by atoms with Gasteiger partial charge < -0.3 is 20.3 Å². The Morgan fingerprint density at radius 2 is 1.89 bits per heavy atom. The molecule has 0 aromatic heterocycles. The van der Waals surface area contributed by atoms with Crippen molar-refractivity contribution in [3.8, 4) is 5.75 Å². The minimum Gasteiger partial charge on any atom is -0.497 e. The van der Waals surface area contributed by atoms with Crippen molar-refractivity contribution in [1.29, 1.82) is 0 Å². The summed E-state index contributed by atoms with van der Waals surface area (Å²) in [5.74, 6) is 0.474. The van der Waals surface area contributed by atoms with Gasteiger partial charge in [0.15, 0.2) is 0 Å². The van der Waals surface area contributed by atoms with Crippen molar-refractivity contribution in [3.63, 3.8) is 0 Å². The Morgan fingerprint density at radius 1 is 1.14 bits per heavy atom. The topological polar surface area (TPSA) is 70.7 Å². The molecule has 0 radical (unpaired) electrons. The van der Waals surface area contributed by atoms with E-state index in [2.05, 4.69) is 28.8 Å². The molecular weight excluding hydrogens is 354 g/mol. The molecule has 2 aliphatic heterocycles. The Bertz CT molecular complexity index is 879. The van der Waals surface area contributed by atoms with E-state index in [9.17, 15) is 9.59 Å². The molecule has 2 N–H and O–H groups in total. The number of methoxy groups -OCH3 is 1. The van der Waals surface area contributed by atoms with Gasteiger partial charge >= 0.3 is 0 Å². The summed E-state index contributed by atoms with van der Waals surface area (Å²) in [6.45, 7) is 3.27. The molecule has 4 rings (SSSR count). The summed E-state index contributed by atoms with van der Waals surface area (Å²) in [6.07, 6.45) is 0.274. The highest BCUT2D eigenvalue weighted by Crippen LogP contribution is 2.22. The molecule has 2 aliphatic rings. The summed E-state index contributed by atoms with van der Waals surface area (Å²) in [7, 11) is 1.63. The summed E-state index contributed by atoms with van der Waals surface area (Å²) in [4.78, 5) is 26.7. The van der Waals surface area contributed by atoms with E-state index < -0.39 is 0 Å². The number of amides is 2. The lowest BCUT2D eigenvalue weighted by molar-refractivity contribution is -0.129. The van der Waals surface area contributed by atoms with Crippen LogP contribution in [0.5, 0.6) is 5.75 Å². The molecule has 0 aliphatic carbocycles. The lowest BCUT2D eigenvalue weighted by Crippen LogP contribution is -2.32. The van der Waals surface area contributed by atoms with Crippen LogP contribution in [-0.4, -0.2) is 30.4 Å². The molecule has 2 aromatic rings. The third-order valence-electron chi connectivity index (χ3n) is 5.49. The highest BCUT2D eigenvalue weighted by molar-refractivity contribution is 5.89. The van der Waals surface area contributed by atoms with Crippen LogP contribution in [0.2, 0.25) is 0 Å². The van der Waals surface area contributed by atoms with Crippen molar-refractivity contribution in [2.45, 2.75) is 32.6 Å².